The molecule has 146 valence electrons. The maximum atomic E-state index is 9.94. The molecule has 2 fully saturated rings. The number of rotatable bonds is 6. The molecule has 2 saturated carbocycles. The van der Waals surface area contributed by atoms with Crippen LogP contribution in [0.1, 0.15) is 86.0 Å². The summed E-state index contributed by atoms with van der Waals surface area (Å²) in [6.45, 7) is 15.7. The monoisotopic (exact) mass is 366 g/mol. The summed E-state index contributed by atoms with van der Waals surface area (Å²) in [4.78, 5) is 0. The minimum atomic E-state index is -1.71. The molecule has 3 atom stereocenters. The molecule has 0 spiro atoms. The summed E-state index contributed by atoms with van der Waals surface area (Å²) < 4.78 is 6.91. The smallest absolute Gasteiger partial charge is 0.192 e. The van der Waals surface area contributed by atoms with E-state index in [1.165, 1.54) is 38.5 Å². The summed E-state index contributed by atoms with van der Waals surface area (Å²) in [5.41, 5.74) is -0.192. The van der Waals surface area contributed by atoms with Gasteiger partial charge in [-0.05, 0) is 81.8 Å². The highest BCUT2D eigenvalue weighted by Gasteiger charge is 2.50. The molecule has 0 unspecified atom stereocenters. The molecular formula is C22H42O2Si. The summed E-state index contributed by atoms with van der Waals surface area (Å²) in [5.74, 6) is 0.703. The van der Waals surface area contributed by atoms with Crippen LogP contribution < -0.4 is 0 Å². The van der Waals surface area contributed by atoms with Crippen molar-refractivity contribution < 1.29 is 9.53 Å². The second-order valence-electron chi connectivity index (χ2n) is 10.8. The zero-order valence-electron chi connectivity index (χ0n) is 17.8. The number of hydrogen-bond donors (Lipinski definition) is 1. The van der Waals surface area contributed by atoms with Crippen molar-refractivity contribution in [2.75, 3.05) is 0 Å². The second kappa shape index (κ2) is 7.48. The minimum Gasteiger partial charge on any atom is -0.414 e. The Kier molecular flexibility index (Phi) is 6.34. The van der Waals surface area contributed by atoms with Gasteiger partial charge in [0.2, 0.25) is 0 Å². The molecule has 2 nitrogen and oxygen atoms in total. The maximum Gasteiger partial charge on any atom is 0.192 e. The fraction of sp³-hybridized carbons (Fsp3) is 0.909. The topological polar surface area (TPSA) is 29.5 Å². The molecule has 0 saturated heterocycles. The second-order valence-corrected chi connectivity index (χ2v) is 15.6. The van der Waals surface area contributed by atoms with Crippen LogP contribution in [0.4, 0.5) is 0 Å². The third kappa shape index (κ3) is 5.20. The fourth-order valence-electron chi connectivity index (χ4n) is 4.57. The van der Waals surface area contributed by atoms with E-state index in [0.717, 1.165) is 12.8 Å². The first-order chi connectivity index (χ1) is 11.4. The molecule has 0 aromatic carbocycles. The number of aliphatic hydroxyl groups is 1. The van der Waals surface area contributed by atoms with E-state index in [4.69, 9.17) is 4.43 Å². The average molecular weight is 367 g/mol. The first kappa shape index (κ1) is 21.2. The molecule has 2 aliphatic carbocycles. The average Bonchev–Trinajstić information content (AvgIpc) is 2.86. The van der Waals surface area contributed by atoms with Crippen LogP contribution in [-0.2, 0) is 4.43 Å². The predicted molar refractivity (Wildman–Crippen MR) is 110 cm³/mol. The Hall–Kier alpha value is -0.123. The van der Waals surface area contributed by atoms with Gasteiger partial charge in [-0.2, -0.15) is 0 Å². The summed E-state index contributed by atoms with van der Waals surface area (Å²) in [5, 5.41) is 10.2. The van der Waals surface area contributed by atoms with Gasteiger partial charge in [-0.25, -0.2) is 0 Å². The van der Waals surface area contributed by atoms with Gasteiger partial charge in [0.05, 0.1) is 5.60 Å². The lowest BCUT2D eigenvalue weighted by Crippen LogP contribution is -2.49. The van der Waals surface area contributed by atoms with Crippen molar-refractivity contribution in [2.45, 2.75) is 116 Å². The van der Waals surface area contributed by atoms with Gasteiger partial charge in [-0.15, -0.1) is 0 Å². The molecule has 1 N–H and O–H groups in total. The van der Waals surface area contributed by atoms with Crippen LogP contribution in [0.2, 0.25) is 18.1 Å². The molecule has 0 aromatic rings. The van der Waals surface area contributed by atoms with Crippen molar-refractivity contribution in [3.8, 4) is 0 Å². The molecule has 2 rings (SSSR count). The Bertz CT molecular complexity index is 469. The Morgan fingerprint density at radius 3 is 2.24 bits per heavy atom. The van der Waals surface area contributed by atoms with E-state index >= 15 is 0 Å². The summed E-state index contributed by atoms with van der Waals surface area (Å²) in [7, 11) is -1.71. The summed E-state index contributed by atoms with van der Waals surface area (Å²) in [6.07, 6.45) is 15.0. The Balaban J connectivity index is 2.08. The van der Waals surface area contributed by atoms with Crippen LogP contribution in [0.15, 0.2) is 12.2 Å². The van der Waals surface area contributed by atoms with Crippen molar-refractivity contribution in [1.29, 1.82) is 0 Å². The Morgan fingerprint density at radius 2 is 1.68 bits per heavy atom. The molecule has 25 heavy (non-hydrogen) atoms. The Morgan fingerprint density at radius 1 is 1.08 bits per heavy atom. The molecule has 0 radical (unpaired) electrons. The lowest BCUT2D eigenvalue weighted by Gasteiger charge is -2.47. The van der Waals surface area contributed by atoms with E-state index in [1.54, 1.807) is 0 Å². The van der Waals surface area contributed by atoms with Crippen LogP contribution >= 0.6 is 0 Å². The zero-order chi connectivity index (χ0) is 18.9. The van der Waals surface area contributed by atoms with Gasteiger partial charge in [0.15, 0.2) is 8.32 Å². The minimum absolute atomic E-state index is 0.286. The standard InChI is InChI=1S/C22H42O2Si/c1-20(2,3)25(6,7)24-19-13-11-17-22(16-10-12-18(19)22)15-9-8-14-21(4,5)23/h9,15,18-19,23H,8,10-14,16-17H2,1-7H3/b15-9-/t18-,19+,22-/m0/s1. The molecule has 2 aliphatic rings. The number of fused-ring (bicyclic) bond motifs is 1. The summed E-state index contributed by atoms with van der Waals surface area (Å²) in [6, 6.07) is 0. The lowest BCUT2D eigenvalue weighted by molar-refractivity contribution is 0.0245. The van der Waals surface area contributed by atoms with Crippen molar-refractivity contribution in [2.24, 2.45) is 11.3 Å². The molecule has 0 bridgehead atoms. The van der Waals surface area contributed by atoms with Crippen LogP contribution in [0.5, 0.6) is 0 Å². The van der Waals surface area contributed by atoms with Crippen molar-refractivity contribution in [1.82, 2.24) is 0 Å². The maximum absolute atomic E-state index is 9.94. The van der Waals surface area contributed by atoms with E-state index in [-0.39, 0.29) is 5.04 Å². The van der Waals surface area contributed by atoms with Gasteiger partial charge in [-0.3, -0.25) is 0 Å². The van der Waals surface area contributed by atoms with Gasteiger partial charge >= 0.3 is 0 Å². The van der Waals surface area contributed by atoms with Gasteiger partial charge in [0.1, 0.15) is 0 Å². The quantitative estimate of drug-likeness (QED) is 0.432. The first-order valence-electron chi connectivity index (χ1n) is 10.4. The van der Waals surface area contributed by atoms with Gasteiger partial charge in [0.25, 0.3) is 0 Å². The van der Waals surface area contributed by atoms with Gasteiger partial charge in [-0.1, -0.05) is 45.8 Å². The molecule has 3 heteroatoms. The first-order valence-corrected chi connectivity index (χ1v) is 13.4. The normalized spacial score (nSPS) is 31.5. The fourth-order valence-corrected chi connectivity index (χ4v) is 5.96. The third-order valence-electron chi connectivity index (χ3n) is 7.10. The highest BCUT2D eigenvalue weighted by molar-refractivity contribution is 6.74. The number of hydrogen-bond acceptors (Lipinski definition) is 2. The lowest BCUT2D eigenvalue weighted by atomic mass is 9.66. The molecular weight excluding hydrogens is 324 g/mol. The molecule has 0 amide bonds. The van der Waals surface area contributed by atoms with Crippen LogP contribution in [0, 0.1) is 11.3 Å². The molecule has 0 aromatic heterocycles. The van der Waals surface area contributed by atoms with Crippen molar-refractivity contribution in [3.05, 3.63) is 12.2 Å². The SMILES string of the molecule is CC(C)(O)CC/C=C\[C@]12CCC[C@@H](O[Si](C)(C)C(C)(C)C)[C@@H]1CCC2. The predicted octanol–water partition coefficient (Wildman–Crippen LogP) is 6.45. The van der Waals surface area contributed by atoms with E-state index in [1.807, 2.05) is 13.8 Å². The highest BCUT2D eigenvalue weighted by atomic mass is 28.4. The number of allylic oxidation sites excluding steroid dienone is 2. The zero-order valence-corrected chi connectivity index (χ0v) is 18.8. The van der Waals surface area contributed by atoms with Gasteiger partial charge in [0, 0.05) is 6.10 Å². The van der Waals surface area contributed by atoms with Gasteiger partial charge < -0.3 is 9.53 Å². The van der Waals surface area contributed by atoms with E-state index in [9.17, 15) is 5.11 Å². The summed E-state index contributed by atoms with van der Waals surface area (Å²) >= 11 is 0. The van der Waals surface area contributed by atoms with Crippen molar-refractivity contribution in [3.63, 3.8) is 0 Å². The van der Waals surface area contributed by atoms with E-state index in [0.29, 0.717) is 17.4 Å². The molecule has 0 heterocycles. The van der Waals surface area contributed by atoms with E-state index in [2.05, 4.69) is 46.0 Å². The molecule has 0 aliphatic heterocycles. The Labute approximate surface area is 157 Å². The van der Waals surface area contributed by atoms with Crippen molar-refractivity contribution >= 4 is 8.32 Å². The third-order valence-corrected chi connectivity index (χ3v) is 11.6. The largest absolute Gasteiger partial charge is 0.414 e. The van der Waals surface area contributed by atoms with Crippen LogP contribution in [-0.4, -0.2) is 25.1 Å². The van der Waals surface area contributed by atoms with Crippen LogP contribution in [0.25, 0.3) is 0 Å². The van der Waals surface area contributed by atoms with E-state index < -0.39 is 13.9 Å². The highest BCUT2D eigenvalue weighted by Crippen LogP contribution is 2.55. The van der Waals surface area contributed by atoms with Crippen LogP contribution in [0.3, 0.4) is 0 Å².